The zero-order valence-corrected chi connectivity index (χ0v) is 18.2. The number of benzene rings is 2. The van der Waals surface area contributed by atoms with Crippen LogP contribution in [0.15, 0.2) is 47.0 Å². The van der Waals surface area contributed by atoms with Crippen LogP contribution < -0.4 is 14.5 Å². The lowest BCUT2D eigenvalue weighted by atomic mass is 10.1. The Bertz CT molecular complexity index is 1190. The van der Waals surface area contributed by atoms with Crippen LogP contribution in [0.4, 0.5) is 11.4 Å². The summed E-state index contributed by atoms with van der Waals surface area (Å²) >= 11 is 6.07. The average molecular weight is 453 g/mol. The number of fused-ring (bicyclic) bond motifs is 1. The molecule has 32 heavy (non-hydrogen) atoms. The summed E-state index contributed by atoms with van der Waals surface area (Å²) in [5.41, 5.74) is 2.17. The molecule has 2 aliphatic heterocycles. The van der Waals surface area contributed by atoms with Crippen LogP contribution in [0.3, 0.4) is 0 Å². The summed E-state index contributed by atoms with van der Waals surface area (Å²) in [6.07, 6.45) is 1.12. The Morgan fingerprint density at radius 1 is 1.16 bits per heavy atom. The molecule has 5 rings (SSSR count). The van der Waals surface area contributed by atoms with Gasteiger partial charge in [-0.1, -0.05) is 29.7 Å². The van der Waals surface area contributed by atoms with Gasteiger partial charge in [0.1, 0.15) is 5.75 Å². The first-order chi connectivity index (χ1) is 15.5. The quantitative estimate of drug-likeness (QED) is 0.580. The number of hydrogen-bond acceptors (Lipinski definition) is 6. The number of hydrogen-bond donors (Lipinski definition) is 0. The van der Waals surface area contributed by atoms with Crippen LogP contribution in [0.2, 0.25) is 5.02 Å². The van der Waals surface area contributed by atoms with E-state index in [4.69, 9.17) is 20.9 Å². The van der Waals surface area contributed by atoms with Gasteiger partial charge >= 0.3 is 0 Å². The minimum Gasteiger partial charge on any atom is -0.482 e. The molecule has 1 fully saturated rings. The highest BCUT2D eigenvalue weighted by molar-refractivity contribution is 6.30. The molecular formula is C23H21ClN4O4. The van der Waals surface area contributed by atoms with Crippen molar-refractivity contribution < 1.29 is 18.8 Å². The van der Waals surface area contributed by atoms with E-state index in [0.717, 1.165) is 12.1 Å². The molecule has 3 heterocycles. The molecule has 9 heteroatoms. The number of aromatic nitrogens is 2. The van der Waals surface area contributed by atoms with Gasteiger partial charge in [0.15, 0.2) is 6.61 Å². The van der Waals surface area contributed by atoms with E-state index in [1.165, 1.54) is 0 Å². The van der Waals surface area contributed by atoms with Crippen molar-refractivity contribution in [1.82, 2.24) is 10.1 Å². The smallest absolute Gasteiger partial charge is 0.265 e. The van der Waals surface area contributed by atoms with E-state index in [0.29, 0.717) is 46.8 Å². The van der Waals surface area contributed by atoms with Crippen molar-refractivity contribution in [2.75, 3.05) is 29.5 Å². The van der Waals surface area contributed by atoms with Gasteiger partial charge < -0.3 is 19.1 Å². The second-order valence-corrected chi connectivity index (χ2v) is 8.29. The first kappa shape index (κ1) is 20.5. The Kier molecular flexibility index (Phi) is 5.30. The molecular weight excluding hydrogens is 432 g/mol. The molecule has 1 atom stereocenters. The van der Waals surface area contributed by atoms with Crippen LogP contribution in [0, 0.1) is 0 Å². The van der Waals surface area contributed by atoms with Crippen LogP contribution in [0.1, 0.15) is 31.6 Å². The van der Waals surface area contributed by atoms with Gasteiger partial charge in [0.25, 0.3) is 5.91 Å². The van der Waals surface area contributed by atoms with E-state index in [1.54, 1.807) is 21.9 Å². The van der Waals surface area contributed by atoms with E-state index < -0.39 is 0 Å². The summed E-state index contributed by atoms with van der Waals surface area (Å²) in [7, 11) is 0. The molecule has 1 aromatic heterocycles. The minimum absolute atomic E-state index is 0.0170. The molecule has 3 aromatic rings. The molecule has 0 saturated carbocycles. The number of carbonyl (C=O) groups excluding carboxylic acids is 2. The molecule has 2 aromatic carbocycles. The molecule has 0 N–H and O–H groups in total. The predicted molar refractivity (Wildman–Crippen MR) is 119 cm³/mol. The fourth-order valence-electron chi connectivity index (χ4n) is 4.09. The van der Waals surface area contributed by atoms with Gasteiger partial charge in [0, 0.05) is 35.8 Å². The zero-order valence-electron chi connectivity index (χ0n) is 17.5. The lowest BCUT2D eigenvalue weighted by Gasteiger charge is -2.29. The van der Waals surface area contributed by atoms with Crippen molar-refractivity contribution >= 4 is 34.8 Å². The van der Waals surface area contributed by atoms with Crippen molar-refractivity contribution in [3.05, 3.63) is 53.4 Å². The highest BCUT2D eigenvalue weighted by Gasteiger charge is 2.35. The van der Waals surface area contributed by atoms with E-state index in [9.17, 15) is 9.59 Å². The van der Waals surface area contributed by atoms with Gasteiger partial charge in [-0.05, 0) is 42.8 Å². The lowest BCUT2D eigenvalue weighted by Crippen LogP contribution is -2.39. The van der Waals surface area contributed by atoms with E-state index >= 15 is 0 Å². The maximum absolute atomic E-state index is 12.6. The van der Waals surface area contributed by atoms with Crippen LogP contribution in [0.5, 0.6) is 5.75 Å². The number of anilines is 2. The summed E-state index contributed by atoms with van der Waals surface area (Å²) in [5.74, 6) is 1.18. The maximum Gasteiger partial charge on any atom is 0.265 e. The number of carbonyl (C=O) groups is 2. The summed E-state index contributed by atoms with van der Waals surface area (Å²) in [5, 5.41) is 4.70. The fourth-order valence-corrected chi connectivity index (χ4v) is 4.28. The SMILES string of the molecule is CCCN1C(=O)COc2ccc(-c3noc([C@@H]4CC(=O)N(c5cccc(Cl)c5)C4)n3)cc21. The molecule has 0 unspecified atom stereocenters. The van der Waals surface area contributed by atoms with Crippen molar-refractivity contribution in [3.8, 4) is 17.1 Å². The summed E-state index contributed by atoms with van der Waals surface area (Å²) < 4.78 is 11.1. The molecule has 2 aliphatic rings. The molecule has 1 saturated heterocycles. The van der Waals surface area contributed by atoms with Crippen LogP contribution in [-0.2, 0) is 9.59 Å². The first-order valence-electron chi connectivity index (χ1n) is 10.5. The lowest BCUT2D eigenvalue weighted by molar-refractivity contribution is -0.121. The third-order valence-corrected chi connectivity index (χ3v) is 5.88. The summed E-state index contributed by atoms with van der Waals surface area (Å²) in [6, 6.07) is 12.7. The minimum atomic E-state index is -0.207. The third kappa shape index (κ3) is 3.71. The van der Waals surface area contributed by atoms with Crippen molar-refractivity contribution in [3.63, 3.8) is 0 Å². The van der Waals surface area contributed by atoms with Gasteiger partial charge in [0.05, 0.1) is 11.6 Å². The van der Waals surface area contributed by atoms with E-state index in [2.05, 4.69) is 10.1 Å². The average Bonchev–Trinajstić information content (AvgIpc) is 3.42. The molecule has 0 radical (unpaired) electrons. The number of ether oxygens (including phenoxy) is 1. The standard InChI is InChI=1S/C23H21ClN4O4/c1-2-8-27-18-9-14(6-7-19(18)31-13-21(27)30)22-25-23(32-26-22)15-10-20(29)28(12-15)17-5-3-4-16(24)11-17/h3-7,9,11,15H,2,8,10,12-13H2,1H3/t15-/m1/s1. The van der Waals surface area contributed by atoms with Gasteiger partial charge in [-0.2, -0.15) is 4.98 Å². The Balaban J connectivity index is 1.39. The Morgan fingerprint density at radius 3 is 2.84 bits per heavy atom. The molecule has 0 bridgehead atoms. The third-order valence-electron chi connectivity index (χ3n) is 5.64. The molecule has 164 valence electrons. The highest BCUT2D eigenvalue weighted by Crippen LogP contribution is 2.37. The largest absolute Gasteiger partial charge is 0.482 e. The topological polar surface area (TPSA) is 88.8 Å². The first-order valence-corrected chi connectivity index (χ1v) is 10.9. The van der Waals surface area contributed by atoms with Crippen molar-refractivity contribution in [1.29, 1.82) is 0 Å². The molecule has 2 amide bonds. The Morgan fingerprint density at radius 2 is 2.03 bits per heavy atom. The second-order valence-electron chi connectivity index (χ2n) is 7.86. The fraction of sp³-hybridized carbons (Fsp3) is 0.304. The maximum atomic E-state index is 12.6. The summed E-state index contributed by atoms with van der Waals surface area (Å²) in [4.78, 5) is 32.8. The van der Waals surface area contributed by atoms with Gasteiger partial charge in [-0.3, -0.25) is 9.59 Å². The van der Waals surface area contributed by atoms with Crippen LogP contribution in [-0.4, -0.2) is 41.7 Å². The molecule has 0 aliphatic carbocycles. The number of halogens is 1. The monoisotopic (exact) mass is 452 g/mol. The van der Waals surface area contributed by atoms with E-state index in [-0.39, 0.29) is 30.8 Å². The number of rotatable bonds is 5. The molecule has 8 nitrogen and oxygen atoms in total. The number of amides is 2. The Labute approximate surface area is 189 Å². The van der Waals surface area contributed by atoms with Gasteiger partial charge in [0.2, 0.25) is 17.6 Å². The van der Waals surface area contributed by atoms with Gasteiger partial charge in [-0.25, -0.2) is 0 Å². The van der Waals surface area contributed by atoms with E-state index in [1.807, 2.05) is 37.3 Å². The van der Waals surface area contributed by atoms with Crippen LogP contribution in [0.25, 0.3) is 11.4 Å². The second kappa shape index (κ2) is 8.27. The summed E-state index contributed by atoms with van der Waals surface area (Å²) in [6.45, 7) is 3.11. The van der Waals surface area contributed by atoms with Gasteiger partial charge in [-0.15, -0.1) is 0 Å². The van der Waals surface area contributed by atoms with Crippen molar-refractivity contribution in [2.24, 2.45) is 0 Å². The van der Waals surface area contributed by atoms with Crippen LogP contribution >= 0.6 is 11.6 Å². The zero-order chi connectivity index (χ0) is 22.2. The number of nitrogens with zero attached hydrogens (tertiary/aromatic N) is 4. The normalized spacial score (nSPS) is 18.1. The molecule has 0 spiro atoms. The predicted octanol–water partition coefficient (Wildman–Crippen LogP) is 4.05. The van der Waals surface area contributed by atoms with Crippen molar-refractivity contribution in [2.45, 2.75) is 25.7 Å². The Hall–Kier alpha value is -3.39. The highest BCUT2D eigenvalue weighted by atomic mass is 35.5.